The van der Waals surface area contributed by atoms with Crippen LogP contribution < -0.4 is 16.4 Å². The number of carbonyl (C=O) groups excluding carboxylic acids is 1. The van der Waals surface area contributed by atoms with Crippen LogP contribution >= 0.6 is 11.3 Å². The van der Waals surface area contributed by atoms with Crippen LogP contribution in [0.4, 0.5) is 9.52 Å². The Kier molecular flexibility index (Phi) is 5.01. The monoisotopic (exact) mass is 363 g/mol. The zero-order valence-electron chi connectivity index (χ0n) is 14.3. The second-order valence-corrected chi connectivity index (χ2v) is 7.87. The van der Waals surface area contributed by atoms with Crippen molar-refractivity contribution in [3.63, 3.8) is 0 Å². The molecular formula is C17H22FN5OS. The van der Waals surface area contributed by atoms with Gasteiger partial charge in [0, 0.05) is 13.1 Å². The molecule has 1 aromatic carbocycles. The first-order chi connectivity index (χ1) is 11.9. The molecule has 8 heteroatoms. The number of amides is 1. The van der Waals surface area contributed by atoms with Crippen LogP contribution in [-0.4, -0.2) is 29.2 Å². The van der Waals surface area contributed by atoms with E-state index in [0.717, 1.165) is 0 Å². The van der Waals surface area contributed by atoms with Crippen molar-refractivity contribution < 1.29 is 9.18 Å². The summed E-state index contributed by atoms with van der Waals surface area (Å²) in [5, 5.41) is 15.2. The van der Waals surface area contributed by atoms with Crippen LogP contribution in [0.15, 0.2) is 24.3 Å². The van der Waals surface area contributed by atoms with E-state index in [2.05, 4.69) is 20.8 Å². The summed E-state index contributed by atoms with van der Waals surface area (Å²) in [4.78, 5) is 13.0. The molecule has 0 radical (unpaired) electrons. The molecule has 2 aromatic rings. The molecule has 3 rings (SSSR count). The fraction of sp³-hybridized carbons (Fsp3) is 0.471. The van der Waals surface area contributed by atoms with E-state index in [9.17, 15) is 9.18 Å². The molecule has 0 spiro atoms. The maximum atomic E-state index is 14.0. The molecule has 1 unspecified atom stereocenters. The Morgan fingerprint density at radius 3 is 2.64 bits per heavy atom. The number of halogens is 1. The van der Waals surface area contributed by atoms with Crippen molar-refractivity contribution in [2.75, 3.05) is 18.8 Å². The number of benzene rings is 1. The van der Waals surface area contributed by atoms with Crippen LogP contribution in [0, 0.1) is 17.2 Å². The number of hydrogen-bond donors (Lipinski definition) is 3. The maximum Gasteiger partial charge on any atom is 0.229 e. The van der Waals surface area contributed by atoms with Gasteiger partial charge in [0.2, 0.25) is 11.0 Å². The second-order valence-electron chi connectivity index (χ2n) is 6.83. The number of nitrogens with one attached hydrogen (secondary N) is 2. The lowest BCUT2D eigenvalue weighted by molar-refractivity contribution is -0.135. The first-order valence-electron chi connectivity index (χ1n) is 8.25. The van der Waals surface area contributed by atoms with E-state index in [1.165, 1.54) is 17.4 Å². The third-order valence-electron chi connectivity index (χ3n) is 4.57. The largest absolute Gasteiger partial charge is 0.374 e. The third-order valence-corrected chi connectivity index (χ3v) is 5.41. The third kappa shape index (κ3) is 3.64. The maximum absolute atomic E-state index is 14.0. The molecule has 1 fully saturated rings. The number of carbonyl (C=O) groups is 1. The molecule has 0 aliphatic carbocycles. The summed E-state index contributed by atoms with van der Waals surface area (Å²) < 4.78 is 14.0. The van der Waals surface area contributed by atoms with Crippen molar-refractivity contribution in [3.8, 4) is 0 Å². The highest BCUT2D eigenvalue weighted by Gasteiger charge is 2.45. The number of aromatic nitrogens is 2. The van der Waals surface area contributed by atoms with E-state index in [-0.39, 0.29) is 23.7 Å². The summed E-state index contributed by atoms with van der Waals surface area (Å²) in [5.74, 6) is -0.240. The molecule has 25 heavy (non-hydrogen) atoms. The minimum atomic E-state index is -0.647. The lowest BCUT2D eigenvalue weighted by Gasteiger charge is -2.42. The standard InChI is InChI=1S/C17H22FN5OS/c1-10(2)13(14-22-23-16(19)25-14)21-15(24)17(8-20-9-17)7-11-5-3-4-6-12(11)18/h3-6,10,13,20H,7-9H2,1-2H3,(H2,19,23)(H,21,24). The fourth-order valence-corrected chi connectivity index (χ4v) is 3.81. The topological polar surface area (TPSA) is 92.9 Å². The summed E-state index contributed by atoms with van der Waals surface area (Å²) in [6.07, 6.45) is 0.363. The Hall–Kier alpha value is -2.06. The summed E-state index contributed by atoms with van der Waals surface area (Å²) in [6.45, 7) is 5.06. The predicted molar refractivity (Wildman–Crippen MR) is 95.4 cm³/mol. The van der Waals surface area contributed by atoms with Gasteiger partial charge < -0.3 is 16.4 Å². The number of nitrogens with two attached hydrogens (primary N) is 1. The molecule has 2 heterocycles. The second kappa shape index (κ2) is 7.05. The lowest BCUT2D eigenvalue weighted by Crippen LogP contribution is -2.63. The van der Waals surface area contributed by atoms with Gasteiger partial charge in [-0.25, -0.2) is 4.39 Å². The van der Waals surface area contributed by atoms with Crippen molar-refractivity contribution in [2.45, 2.75) is 26.3 Å². The highest BCUT2D eigenvalue weighted by molar-refractivity contribution is 7.15. The zero-order chi connectivity index (χ0) is 18.0. The zero-order valence-corrected chi connectivity index (χ0v) is 15.1. The Morgan fingerprint density at radius 2 is 2.12 bits per heavy atom. The normalized spacial score (nSPS) is 17.1. The number of hydrogen-bond acceptors (Lipinski definition) is 6. The Labute approximate surface area is 150 Å². The lowest BCUT2D eigenvalue weighted by atomic mass is 9.75. The van der Waals surface area contributed by atoms with E-state index < -0.39 is 5.41 Å². The molecule has 1 aliphatic heterocycles. The van der Waals surface area contributed by atoms with E-state index in [0.29, 0.717) is 35.2 Å². The SMILES string of the molecule is CC(C)C(NC(=O)C1(Cc2ccccc2F)CNC1)c1nnc(N)s1. The van der Waals surface area contributed by atoms with Gasteiger partial charge >= 0.3 is 0 Å². The van der Waals surface area contributed by atoms with Gasteiger partial charge in [0.15, 0.2) is 0 Å². The van der Waals surface area contributed by atoms with Gasteiger partial charge in [-0.2, -0.15) is 0 Å². The van der Waals surface area contributed by atoms with Crippen molar-refractivity contribution in [2.24, 2.45) is 11.3 Å². The van der Waals surface area contributed by atoms with E-state index in [4.69, 9.17) is 5.73 Å². The average molecular weight is 363 g/mol. The number of nitrogens with zero attached hydrogens (tertiary/aromatic N) is 2. The molecule has 1 aromatic heterocycles. The van der Waals surface area contributed by atoms with Crippen molar-refractivity contribution in [3.05, 3.63) is 40.7 Å². The van der Waals surface area contributed by atoms with Gasteiger partial charge in [-0.05, 0) is 24.0 Å². The fourth-order valence-electron chi connectivity index (χ4n) is 2.98. The van der Waals surface area contributed by atoms with Crippen LogP contribution in [0.25, 0.3) is 0 Å². The first kappa shape index (κ1) is 17.8. The van der Waals surface area contributed by atoms with Crippen LogP contribution in [-0.2, 0) is 11.2 Å². The Bertz CT molecular complexity index is 759. The molecule has 6 nitrogen and oxygen atoms in total. The average Bonchev–Trinajstić information content (AvgIpc) is 2.95. The molecule has 1 amide bonds. The highest BCUT2D eigenvalue weighted by atomic mass is 32.1. The van der Waals surface area contributed by atoms with Gasteiger partial charge in [0.05, 0.1) is 11.5 Å². The van der Waals surface area contributed by atoms with Gasteiger partial charge in [-0.3, -0.25) is 4.79 Å². The number of anilines is 1. The smallest absolute Gasteiger partial charge is 0.229 e. The summed E-state index contributed by atoms with van der Waals surface area (Å²) in [5.41, 5.74) is 5.58. The molecular weight excluding hydrogens is 341 g/mol. The molecule has 1 aliphatic rings. The molecule has 4 N–H and O–H groups in total. The highest BCUT2D eigenvalue weighted by Crippen LogP contribution is 2.32. The first-order valence-corrected chi connectivity index (χ1v) is 9.07. The van der Waals surface area contributed by atoms with Gasteiger partial charge in [0.1, 0.15) is 10.8 Å². The number of rotatable bonds is 6. The van der Waals surface area contributed by atoms with Gasteiger partial charge in [-0.15, -0.1) is 10.2 Å². The summed E-state index contributed by atoms with van der Waals surface area (Å²) in [6, 6.07) is 6.33. The summed E-state index contributed by atoms with van der Waals surface area (Å²) >= 11 is 1.27. The molecule has 1 atom stereocenters. The number of nitrogen functional groups attached to an aromatic ring is 1. The van der Waals surface area contributed by atoms with E-state index in [1.807, 2.05) is 13.8 Å². The molecule has 134 valence electrons. The van der Waals surface area contributed by atoms with Crippen LogP contribution in [0.1, 0.15) is 30.5 Å². The molecule has 1 saturated heterocycles. The van der Waals surface area contributed by atoms with Crippen molar-refractivity contribution in [1.29, 1.82) is 0 Å². The minimum absolute atomic E-state index is 0.0954. The minimum Gasteiger partial charge on any atom is -0.374 e. The molecule has 0 saturated carbocycles. The van der Waals surface area contributed by atoms with Crippen LogP contribution in [0.3, 0.4) is 0 Å². The van der Waals surface area contributed by atoms with E-state index in [1.54, 1.807) is 18.2 Å². The van der Waals surface area contributed by atoms with Crippen LogP contribution in [0.2, 0.25) is 0 Å². The van der Waals surface area contributed by atoms with Gasteiger partial charge in [0.25, 0.3) is 0 Å². The van der Waals surface area contributed by atoms with Gasteiger partial charge in [-0.1, -0.05) is 43.4 Å². The Balaban J connectivity index is 1.78. The van der Waals surface area contributed by atoms with Crippen molar-refractivity contribution >= 4 is 22.4 Å². The van der Waals surface area contributed by atoms with Crippen LogP contribution in [0.5, 0.6) is 0 Å². The summed E-state index contributed by atoms with van der Waals surface area (Å²) in [7, 11) is 0. The molecule has 0 bridgehead atoms. The van der Waals surface area contributed by atoms with E-state index >= 15 is 0 Å². The quantitative estimate of drug-likeness (QED) is 0.729. The van der Waals surface area contributed by atoms with Crippen molar-refractivity contribution in [1.82, 2.24) is 20.8 Å². The predicted octanol–water partition coefficient (Wildman–Crippen LogP) is 1.90. The Morgan fingerprint density at radius 1 is 1.40 bits per heavy atom.